The predicted molar refractivity (Wildman–Crippen MR) is 88.0 cm³/mol. The first-order valence-corrected chi connectivity index (χ1v) is 7.99. The van der Waals surface area contributed by atoms with Crippen LogP contribution in [0, 0.1) is 5.41 Å². The molecule has 2 unspecified atom stereocenters. The number of benzene rings is 1. The molecule has 10 heteroatoms. The number of carboxylic acids is 2. The molecule has 0 heterocycles. The van der Waals surface area contributed by atoms with Crippen molar-refractivity contribution in [3.63, 3.8) is 0 Å². The molecular formula is C16H14Cl2F3NO4. The molecule has 26 heavy (non-hydrogen) atoms. The van der Waals surface area contributed by atoms with Crippen molar-refractivity contribution in [1.29, 1.82) is 0 Å². The van der Waals surface area contributed by atoms with Crippen LogP contribution >= 0.6 is 23.2 Å². The lowest BCUT2D eigenvalue weighted by atomic mass is 9.62. The van der Waals surface area contributed by atoms with Gasteiger partial charge in [0.1, 0.15) is 5.41 Å². The van der Waals surface area contributed by atoms with E-state index in [0.717, 1.165) is 6.08 Å². The summed E-state index contributed by atoms with van der Waals surface area (Å²) in [6, 6.07) is 1.12. The molecule has 2 rings (SSSR count). The second-order valence-corrected chi connectivity index (χ2v) is 7.34. The zero-order valence-electron chi connectivity index (χ0n) is 13.3. The number of nitrogens with two attached hydrogens (primary N) is 1. The minimum Gasteiger partial charge on any atom is -0.481 e. The Labute approximate surface area is 156 Å². The molecule has 0 bridgehead atoms. The molecule has 0 radical (unpaired) electrons. The van der Waals surface area contributed by atoms with E-state index < -0.39 is 51.0 Å². The molecule has 2 atom stereocenters. The number of allylic oxidation sites excluding steroid dienone is 1. The maximum atomic E-state index is 12.9. The van der Waals surface area contributed by atoms with Gasteiger partial charge in [0.05, 0.1) is 11.0 Å². The molecular weight excluding hydrogens is 398 g/mol. The number of alkyl halides is 3. The van der Waals surface area contributed by atoms with Gasteiger partial charge in [-0.1, -0.05) is 23.2 Å². The van der Waals surface area contributed by atoms with Gasteiger partial charge in [-0.25, -0.2) is 0 Å². The Kier molecular flexibility index (Phi) is 4.98. The first-order valence-electron chi connectivity index (χ1n) is 7.24. The first kappa shape index (κ1) is 20.4. The molecule has 0 spiro atoms. The quantitative estimate of drug-likeness (QED) is 0.695. The first-order chi connectivity index (χ1) is 11.7. The highest BCUT2D eigenvalue weighted by Crippen LogP contribution is 2.51. The van der Waals surface area contributed by atoms with Gasteiger partial charge in [-0.3, -0.25) is 9.59 Å². The van der Waals surface area contributed by atoms with E-state index in [1.165, 1.54) is 6.92 Å². The summed E-state index contributed by atoms with van der Waals surface area (Å²) in [4.78, 5) is 23.7. The van der Waals surface area contributed by atoms with Gasteiger partial charge in [0.15, 0.2) is 0 Å². The van der Waals surface area contributed by atoms with E-state index in [-0.39, 0.29) is 17.7 Å². The van der Waals surface area contributed by atoms with Crippen molar-refractivity contribution in [3.05, 3.63) is 45.1 Å². The number of carbonyl (C=O) groups is 2. The van der Waals surface area contributed by atoms with Crippen LogP contribution in [0.15, 0.2) is 23.9 Å². The molecule has 142 valence electrons. The second kappa shape index (κ2) is 6.35. The van der Waals surface area contributed by atoms with Gasteiger partial charge in [-0.2, -0.15) is 13.2 Å². The highest BCUT2D eigenvalue weighted by Gasteiger charge is 2.53. The van der Waals surface area contributed by atoms with Crippen LogP contribution in [0.25, 0.3) is 0 Å². The maximum absolute atomic E-state index is 12.9. The van der Waals surface area contributed by atoms with Crippen LogP contribution in [0.3, 0.4) is 0 Å². The fraction of sp³-hybridized carbons (Fsp3) is 0.375. The Hall–Kier alpha value is -1.93. The molecule has 1 aromatic rings. The molecule has 1 aliphatic rings. The van der Waals surface area contributed by atoms with E-state index in [9.17, 15) is 33.0 Å². The van der Waals surface area contributed by atoms with E-state index in [0.29, 0.717) is 12.1 Å². The molecule has 5 nitrogen and oxygen atoms in total. The second-order valence-electron chi connectivity index (χ2n) is 6.53. The van der Waals surface area contributed by atoms with Crippen LogP contribution in [0.4, 0.5) is 13.2 Å². The normalized spacial score (nSPS) is 26.3. The summed E-state index contributed by atoms with van der Waals surface area (Å²) in [7, 11) is 0. The minimum atomic E-state index is -4.74. The van der Waals surface area contributed by atoms with Gasteiger partial charge in [-0.05, 0) is 31.6 Å². The van der Waals surface area contributed by atoms with Crippen LogP contribution in [-0.4, -0.2) is 22.2 Å². The summed E-state index contributed by atoms with van der Waals surface area (Å²) in [5.41, 5.74) is 0.626. The third kappa shape index (κ3) is 3.35. The monoisotopic (exact) mass is 411 g/mol. The number of carboxylic acid groups (broad SMARTS) is 2. The molecule has 4 N–H and O–H groups in total. The zero-order chi connectivity index (χ0) is 20.1. The van der Waals surface area contributed by atoms with Crippen molar-refractivity contribution >= 4 is 35.1 Å². The van der Waals surface area contributed by atoms with E-state index in [2.05, 4.69) is 0 Å². The fourth-order valence-electron chi connectivity index (χ4n) is 3.27. The van der Waals surface area contributed by atoms with Gasteiger partial charge in [0.2, 0.25) is 0 Å². The molecule has 0 aromatic heterocycles. The largest absolute Gasteiger partial charge is 0.481 e. The number of hydrogen-bond acceptors (Lipinski definition) is 3. The Balaban J connectivity index is 2.78. The summed E-state index contributed by atoms with van der Waals surface area (Å²) >= 11 is 11.9. The van der Waals surface area contributed by atoms with Crippen LogP contribution in [0.5, 0.6) is 0 Å². The molecule has 1 aromatic carbocycles. The molecule has 1 aliphatic carbocycles. The fourth-order valence-corrected chi connectivity index (χ4v) is 4.09. The average Bonchev–Trinajstić information content (AvgIpc) is 2.44. The van der Waals surface area contributed by atoms with Gasteiger partial charge in [0.25, 0.3) is 0 Å². The number of rotatable bonds is 3. The Morgan fingerprint density at radius 3 is 2.04 bits per heavy atom. The summed E-state index contributed by atoms with van der Waals surface area (Å²) in [5, 5.41) is 18.2. The summed E-state index contributed by atoms with van der Waals surface area (Å²) < 4.78 is 38.8. The van der Waals surface area contributed by atoms with Gasteiger partial charge >= 0.3 is 18.1 Å². The van der Waals surface area contributed by atoms with Gasteiger partial charge < -0.3 is 15.9 Å². The van der Waals surface area contributed by atoms with Crippen molar-refractivity contribution in [2.45, 2.75) is 31.4 Å². The standard InChI is InChI=1S/C16H14Cl2F3NO4/c1-14(12(23)24)4-8(22)5-15(6-14,13(25)26)11-9(17)2-7(3-10(11)18)16(19,20)21/h2-3,5H,4,6,22H2,1H3,(H,23,24)(H,25,26). The highest BCUT2D eigenvalue weighted by atomic mass is 35.5. The Morgan fingerprint density at radius 1 is 1.15 bits per heavy atom. The predicted octanol–water partition coefficient (Wildman–Crippen LogP) is 4.06. The minimum absolute atomic E-state index is 0.0319. The van der Waals surface area contributed by atoms with Crippen molar-refractivity contribution in [3.8, 4) is 0 Å². The molecule has 0 amide bonds. The molecule has 0 fully saturated rings. The molecule has 0 saturated heterocycles. The highest BCUT2D eigenvalue weighted by molar-refractivity contribution is 6.37. The number of hydrogen-bond donors (Lipinski definition) is 3. The SMILES string of the molecule is CC1(C(=O)O)CC(N)=CC(C(=O)O)(c2c(Cl)cc(C(F)(F)F)cc2Cl)C1. The topological polar surface area (TPSA) is 101 Å². The summed E-state index contributed by atoms with van der Waals surface area (Å²) in [5.74, 6) is -2.81. The summed E-state index contributed by atoms with van der Waals surface area (Å²) in [6.07, 6.45) is -4.23. The number of aliphatic carboxylic acids is 2. The van der Waals surface area contributed by atoms with E-state index >= 15 is 0 Å². The molecule has 0 saturated carbocycles. The van der Waals surface area contributed by atoms with Crippen LogP contribution in [0.1, 0.15) is 30.9 Å². The van der Waals surface area contributed by atoms with E-state index in [4.69, 9.17) is 28.9 Å². The van der Waals surface area contributed by atoms with Crippen molar-refractivity contribution in [2.24, 2.45) is 11.1 Å². The number of halogens is 5. The van der Waals surface area contributed by atoms with Gasteiger partial charge in [-0.15, -0.1) is 0 Å². The summed E-state index contributed by atoms with van der Waals surface area (Å²) in [6.45, 7) is 1.30. The Bertz CT molecular complexity index is 801. The lowest BCUT2D eigenvalue weighted by Gasteiger charge is -2.40. The van der Waals surface area contributed by atoms with Gasteiger partial charge in [0, 0.05) is 27.7 Å². The molecule has 0 aliphatic heterocycles. The van der Waals surface area contributed by atoms with Crippen LogP contribution < -0.4 is 5.73 Å². The average molecular weight is 412 g/mol. The smallest absolute Gasteiger partial charge is 0.416 e. The maximum Gasteiger partial charge on any atom is 0.416 e. The lowest BCUT2D eigenvalue weighted by Crippen LogP contribution is -2.47. The van der Waals surface area contributed by atoms with Crippen molar-refractivity contribution < 1.29 is 33.0 Å². The van der Waals surface area contributed by atoms with Crippen molar-refractivity contribution in [2.75, 3.05) is 0 Å². The zero-order valence-corrected chi connectivity index (χ0v) is 14.8. The van der Waals surface area contributed by atoms with Crippen molar-refractivity contribution in [1.82, 2.24) is 0 Å². The van der Waals surface area contributed by atoms with Crippen LogP contribution in [-0.2, 0) is 21.2 Å². The van der Waals surface area contributed by atoms with E-state index in [1.807, 2.05) is 0 Å². The third-order valence-corrected chi connectivity index (χ3v) is 5.00. The lowest BCUT2D eigenvalue weighted by molar-refractivity contribution is -0.152. The Morgan fingerprint density at radius 2 is 1.65 bits per heavy atom. The van der Waals surface area contributed by atoms with Crippen LogP contribution in [0.2, 0.25) is 10.0 Å². The van der Waals surface area contributed by atoms with E-state index in [1.54, 1.807) is 0 Å². The third-order valence-electron chi connectivity index (χ3n) is 4.41.